The molecule has 0 radical (unpaired) electrons. The van der Waals surface area contributed by atoms with E-state index in [0.717, 1.165) is 24.1 Å². The zero-order valence-electron chi connectivity index (χ0n) is 13.6. The van der Waals surface area contributed by atoms with E-state index in [1.807, 2.05) is 30.3 Å². The van der Waals surface area contributed by atoms with E-state index in [4.69, 9.17) is 0 Å². The topological polar surface area (TPSA) is 46.5 Å². The van der Waals surface area contributed by atoms with Crippen LogP contribution in [0.4, 0.5) is 0 Å². The van der Waals surface area contributed by atoms with Crippen molar-refractivity contribution in [2.45, 2.75) is 42.9 Å². The standard InChI is InChI=1S/C20H21NO2S/c22-24(23)18-14-8-7-13-17(18)20(21-24)19(15-9-3-1-4-10-15)16-11-5-2-6-12-16/h1,3-4,7-10,13-14,16,19H,2,5-6,11-12H2. The van der Waals surface area contributed by atoms with Gasteiger partial charge in [0.25, 0.3) is 10.0 Å². The minimum absolute atomic E-state index is 0.0601. The smallest absolute Gasteiger partial charge is 0.199 e. The molecule has 1 aliphatic heterocycles. The molecule has 1 unspecified atom stereocenters. The van der Waals surface area contributed by atoms with E-state index in [0.29, 0.717) is 10.8 Å². The van der Waals surface area contributed by atoms with Crippen LogP contribution in [-0.2, 0) is 10.0 Å². The number of nitrogens with zero attached hydrogens (tertiary/aromatic N) is 1. The summed E-state index contributed by atoms with van der Waals surface area (Å²) in [6.07, 6.45) is 5.99. The molecule has 24 heavy (non-hydrogen) atoms. The quantitative estimate of drug-likeness (QED) is 0.824. The second-order valence-electron chi connectivity index (χ2n) is 6.73. The van der Waals surface area contributed by atoms with Crippen LogP contribution < -0.4 is 0 Å². The van der Waals surface area contributed by atoms with Crippen molar-refractivity contribution in [1.82, 2.24) is 0 Å². The van der Waals surface area contributed by atoms with Gasteiger partial charge >= 0.3 is 0 Å². The Hall–Kier alpha value is -1.94. The van der Waals surface area contributed by atoms with Crippen LogP contribution in [0.5, 0.6) is 0 Å². The molecular formula is C20H21NO2S. The van der Waals surface area contributed by atoms with Crippen LogP contribution in [0.2, 0.25) is 0 Å². The molecule has 2 aliphatic rings. The Balaban J connectivity index is 1.86. The van der Waals surface area contributed by atoms with Crippen LogP contribution in [0.3, 0.4) is 0 Å². The predicted molar refractivity (Wildman–Crippen MR) is 95.9 cm³/mol. The Morgan fingerprint density at radius 3 is 2.29 bits per heavy atom. The van der Waals surface area contributed by atoms with Gasteiger partial charge in [0, 0.05) is 11.5 Å². The van der Waals surface area contributed by atoms with Crippen LogP contribution in [0.25, 0.3) is 0 Å². The molecule has 4 rings (SSSR count). The molecule has 1 fully saturated rings. The molecule has 0 saturated heterocycles. The Bertz CT molecular complexity index is 866. The average Bonchev–Trinajstić information content (AvgIpc) is 2.89. The second-order valence-corrected chi connectivity index (χ2v) is 8.31. The molecule has 1 atom stereocenters. The van der Waals surface area contributed by atoms with Gasteiger partial charge in [0.1, 0.15) is 0 Å². The molecule has 3 nitrogen and oxygen atoms in total. The number of hydrogen-bond donors (Lipinski definition) is 0. The van der Waals surface area contributed by atoms with E-state index in [-0.39, 0.29) is 5.92 Å². The Kier molecular flexibility index (Phi) is 4.01. The number of hydrogen-bond acceptors (Lipinski definition) is 2. The minimum atomic E-state index is -3.56. The van der Waals surface area contributed by atoms with Crippen molar-refractivity contribution in [3.05, 3.63) is 65.7 Å². The largest absolute Gasteiger partial charge is 0.283 e. The van der Waals surface area contributed by atoms with Crippen molar-refractivity contribution in [2.24, 2.45) is 10.3 Å². The lowest BCUT2D eigenvalue weighted by Crippen LogP contribution is -2.24. The van der Waals surface area contributed by atoms with Gasteiger partial charge in [-0.25, -0.2) is 0 Å². The highest BCUT2D eigenvalue weighted by molar-refractivity contribution is 7.90. The van der Waals surface area contributed by atoms with Crippen molar-refractivity contribution in [2.75, 3.05) is 0 Å². The Morgan fingerprint density at radius 2 is 1.54 bits per heavy atom. The molecule has 0 aromatic heterocycles. The van der Waals surface area contributed by atoms with Crippen molar-refractivity contribution in [1.29, 1.82) is 0 Å². The highest BCUT2D eigenvalue weighted by Gasteiger charge is 2.37. The third-order valence-corrected chi connectivity index (χ3v) is 6.58. The highest BCUT2D eigenvalue weighted by Crippen LogP contribution is 2.42. The van der Waals surface area contributed by atoms with Crippen LogP contribution >= 0.6 is 0 Å². The molecular weight excluding hydrogens is 318 g/mol. The van der Waals surface area contributed by atoms with Crippen LogP contribution in [0.15, 0.2) is 63.9 Å². The summed E-state index contributed by atoms with van der Waals surface area (Å²) in [7, 11) is -3.56. The molecule has 2 aromatic carbocycles. The first-order valence-corrected chi connectivity index (χ1v) is 10.1. The maximum absolute atomic E-state index is 12.5. The van der Waals surface area contributed by atoms with Gasteiger partial charge in [0.15, 0.2) is 0 Å². The van der Waals surface area contributed by atoms with E-state index in [1.165, 1.54) is 24.8 Å². The summed E-state index contributed by atoms with van der Waals surface area (Å²) in [4.78, 5) is 0.358. The van der Waals surface area contributed by atoms with E-state index in [2.05, 4.69) is 16.5 Å². The Labute approximate surface area is 143 Å². The van der Waals surface area contributed by atoms with Gasteiger partial charge in [-0.1, -0.05) is 67.8 Å². The van der Waals surface area contributed by atoms with Crippen LogP contribution in [0, 0.1) is 5.92 Å². The molecule has 0 bridgehead atoms. The van der Waals surface area contributed by atoms with Gasteiger partial charge in [-0.3, -0.25) is 0 Å². The summed E-state index contributed by atoms with van der Waals surface area (Å²) in [5.74, 6) is 0.520. The lowest BCUT2D eigenvalue weighted by Gasteiger charge is -2.31. The molecule has 0 amide bonds. The van der Waals surface area contributed by atoms with Gasteiger partial charge in [0.2, 0.25) is 0 Å². The van der Waals surface area contributed by atoms with Gasteiger partial charge < -0.3 is 0 Å². The number of rotatable bonds is 3. The fourth-order valence-electron chi connectivity index (χ4n) is 4.14. The summed E-state index contributed by atoms with van der Waals surface area (Å²) in [6.45, 7) is 0. The molecule has 1 aliphatic carbocycles. The van der Waals surface area contributed by atoms with Crippen molar-refractivity contribution < 1.29 is 8.42 Å². The molecule has 4 heteroatoms. The highest BCUT2D eigenvalue weighted by atomic mass is 32.2. The normalized spacial score (nSPS) is 21.1. The van der Waals surface area contributed by atoms with E-state index in [1.54, 1.807) is 12.1 Å². The third-order valence-electron chi connectivity index (χ3n) is 5.23. The monoisotopic (exact) mass is 339 g/mol. The predicted octanol–water partition coefficient (Wildman–Crippen LogP) is 4.54. The molecule has 2 aromatic rings. The van der Waals surface area contributed by atoms with Crippen molar-refractivity contribution >= 4 is 15.7 Å². The summed E-state index contributed by atoms with van der Waals surface area (Å²) >= 11 is 0. The van der Waals surface area contributed by atoms with Crippen LogP contribution in [-0.4, -0.2) is 14.1 Å². The Morgan fingerprint density at radius 1 is 0.875 bits per heavy atom. The van der Waals surface area contributed by atoms with Crippen LogP contribution in [0.1, 0.15) is 49.1 Å². The van der Waals surface area contributed by atoms with E-state index < -0.39 is 10.0 Å². The molecule has 124 valence electrons. The van der Waals surface area contributed by atoms with Gasteiger partial charge in [-0.05, 0) is 30.4 Å². The van der Waals surface area contributed by atoms with E-state index >= 15 is 0 Å². The van der Waals surface area contributed by atoms with Gasteiger partial charge in [-0.2, -0.15) is 12.8 Å². The lowest BCUT2D eigenvalue weighted by atomic mass is 9.73. The zero-order valence-corrected chi connectivity index (χ0v) is 14.4. The molecule has 0 spiro atoms. The average molecular weight is 339 g/mol. The van der Waals surface area contributed by atoms with E-state index in [9.17, 15) is 8.42 Å². The summed E-state index contributed by atoms with van der Waals surface area (Å²) in [5.41, 5.74) is 2.70. The maximum atomic E-state index is 12.5. The summed E-state index contributed by atoms with van der Waals surface area (Å²) in [5, 5.41) is 0. The minimum Gasteiger partial charge on any atom is -0.199 e. The molecule has 0 N–H and O–H groups in total. The van der Waals surface area contributed by atoms with Gasteiger partial charge in [-0.15, -0.1) is 0 Å². The van der Waals surface area contributed by atoms with Crippen molar-refractivity contribution in [3.63, 3.8) is 0 Å². The fraction of sp³-hybridized carbons (Fsp3) is 0.350. The number of benzene rings is 2. The molecule has 1 saturated carbocycles. The second kappa shape index (κ2) is 6.17. The number of sulfonamides is 1. The fourth-order valence-corrected chi connectivity index (χ4v) is 5.41. The summed E-state index contributed by atoms with van der Waals surface area (Å²) in [6, 6.07) is 17.5. The first-order chi connectivity index (χ1) is 11.7. The summed E-state index contributed by atoms with van der Waals surface area (Å²) < 4.78 is 29.2. The molecule has 1 heterocycles. The first-order valence-electron chi connectivity index (χ1n) is 8.66. The third kappa shape index (κ3) is 2.69. The first kappa shape index (κ1) is 15.6. The number of fused-ring (bicyclic) bond motifs is 1. The lowest BCUT2D eigenvalue weighted by molar-refractivity contribution is 0.341. The maximum Gasteiger partial charge on any atom is 0.283 e. The van der Waals surface area contributed by atoms with Crippen molar-refractivity contribution in [3.8, 4) is 0 Å². The SMILES string of the molecule is O=S1(=O)N=C(C(c2ccccc2)C2CCCCC2)c2ccccc21. The zero-order chi connectivity index (χ0) is 16.6. The van der Waals surface area contributed by atoms with Gasteiger partial charge in [0.05, 0.1) is 10.6 Å².